The lowest BCUT2D eigenvalue weighted by atomic mass is 9.87. The second-order valence-electron chi connectivity index (χ2n) is 5.39. The predicted octanol–water partition coefficient (Wildman–Crippen LogP) is 3.44. The highest BCUT2D eigenvalue weighted by atomic mass is 16.5. The van der Waals surface area contributed by atoms with Crippen molar-refractivity contribution in [3.05, 3.63) is 17.7 Å². The highest BCUT2D eigenvalue weighted by Crippen LogP contribution is 2.49. The number of ether oxygens (including phenoxy) is 3. The molecule has 2 atom stereocenters. The van der Waals surface area contributed by atoms with Crippen molar-refractivity contribution in [1.82, 2.24) is 0 Å². The van der Waals surface area contributed by atoms with E-state index in [1.807, 2.05) is 26.0 Å². The molecule has 1 aromatic carbocycles. The summed E-state index contributed by atoms with van der Waals surface area (Å²) in [5.74, 6) is 2.16. The summed E-state index contributed by atoms with van der Waals surface area (Å²) in [6, 6.07) is 3.88. The zero-order valence-electron chi connectivity index (χ0n) is 12.9. The summed E-state index contributed by atoms with van der Waals surface area (Å²) in [7, 11) is 0. The first-order valence-corrected chi connectivity index (χ1v) is 7.41. The molecule has 0 bridgehead atoms. The molecule has 1 aliphatic rings. The maximum Gasteiger partial charge on any atom is 0.203 e. The van der Waals surface area contributed by atoms with Crippen molar-refractivity contribution in [2.75, 3.05) is 13.2 Å². The van der Waals surface area contributed by atoms with Crippen LogP contribution in [0.4, 0.5) is 0 Å². The molecule has 1 heterocycles. The van der Waals surface area contributed by atoms with Crippen LogP contribution in [0.5, 0.6) is 17.2 Å². The van der Waals surface area contributed by atoms with Crippen LogP contribution in [0.1, 0.15) is 52.1 Å². The number of nitrogens with two attached hydrogens (primary N) is 1. The van der Waals surface area contributed by atoms with Crippen LogP contribution in [-0.4, -0.2) is 18.8 Å². The molecule has 4 nitrogen and oxygen atoms in total. The number of fused-ring (bicyclic) bond motifs is 1. The Labute approximate surface area is 121 Å². The van der Waals surface area contributed by atoms with Gasteiger partial charge in [0.15, 0.2) is 11.5 Å². The van der Waals surface area contributed by atoms with Crippen LogP contribution in [0.3, 0.4) is 0 Å². The number of benzene rings is 1. The molecule has 0 spiro atoms. The van der Waals surface area contributed by atoms with Gasteiger partial charge in [-0.15, -0.1) is 0 Å². The predicted molar refractivity (Wildman–Crippen MR) is 79.6 cm³/mol. The van der Waals surface area contributed by atoms with Gasteiger partial charge in [0.1, 0.15) is 5.60 Å². The first-order valence-electron chi connectivity index (χ1n) is 7.41. The third kappa shape index (κ3) is 2.70. The van der Waals surface area contributed by atoms with Crippen molar-refractivity contribution in [1.29, 1.82) is 0 Å². The molecular weight excluding hydrogens is 254 g/mol. The second-order valence-corrected chi connectivity index (χ2v) is 5.39. The topological polar surface area (TPSA) is 53.7 Å². The maximum atomic E-state index is 6.31. The fourth-order valence-corrected chi connectivity index (χ4v) is 2.59. The van der Waals surface area contributed by atoms with Crippen LogP contribution >= 0.6 is 0 Å². The Hall–Kier alpha value is -1.42. The summed E-state index contributed by atoms with van der Waals surface area (Å²) < 4.78 is 17.6. The molecule has 0 amide bonds. The minimum Gasteiger partial charge on any atom is -0.490 e. The number of hydrogen-bond acceptors (Lipinski definition) is 4. The fourth-order valence-electron chi connectivity index (χ4n) is 2.59. The summed E-state index contributed by atoms with van der Waals surface area (Å²) in [6.07, 6.45) is 1.72. The molecule has 112 valence electrons. The van der Waals surface area contributed by atoms with E-state index in [9.17, 15) is 0 Å². The minimum absolute atomic E-state index is 0.0291. The monoisotopic (exact) mass is 279 g/mol. The van der Waals surface area contributed by atoms with Gasteiger partial charge in [-0.3, -0.25) is 0 Å². The third-order valence-corrected chi connectivity index (χ3v) is 3.84. The van der Waals surface area contributed by atoms with Crippen LogP contribution in [-0.2, 0) is 0 Å². The molecule has 0 radical (unpaired) electrons. The summed E-state index contributed by atoms with van der Waals surface area (Å²) in [5, 5.41) is 0. The molecule has 2 unspecified atom stereocenters. The van der Waals surface area contributed by atoms with Crippen molar-refractivity contribution >= 4 is 0 Å². The van der Waals surface area contributed by atoms with Gasteiger partial charge in [0.05, 0.1) is 13.2 Å². The Morgan fingerprint density at radius 2 is 1.95 bits per heavy atom. The van der Waals surface area contributed by atoms with Crippen molar-refractivity contribution in [3.8, 4) is 17.2 Å². The average molecular weight is 279 g/mol. The Morgan fingerprint density at radius 1 is 1.25 bits per heavy atom. The van der Waals surface area contributed by atoms with Gasteiger partial charge in [-0.25, -0.2) is 0 Å². The highest BCUT2D eigenvalue weighted by Gasteiger charge is 2.37. The molecule has 20 heavy (non-hydrogen) atoms. The van der Waals surface area contributed by atoms with Crippen LogP contribution in [0.25, 0.3) is 0 Å². The van der Waals surface area contributed by atoms with E-state index in [1.54, 1.807) is 0 Å². The van der Waals surface area contributed by atoms with Crippen molar-refractivity contribution in [2.45, 2.75) is 52.2 Å². The van der Waals surface area contributed by atoms with Gasteiger partial charge in [0.2, 0.25) is 5.75 Å². The van der Waals surface area contributed by atoms with Gasteiger partial charge < -0.3 is 19.9 Å². The van der Waals surface area contributed by atoms with Gasteiger partial charge in [-0.05, 0) is 39.3 Å². The van der Waals surface area contributed by atoms with Gasteiger partial charge in [0, 0.05) is 18.0 Å². The van der Waals surface area contributed by atoms with E-state index in [1.165, 1.54) is 0 Å². The maximum absolute atomic E-state index is 6.31. The van der Waals surface area contributed by atoms with E-state index in [-0.39, 0.29) is 11.6 Å². The van der Waals surface area contributed by atoms with Gasteiger partial charge in [-0.1, -0.05) is 6.92 Å². The summed E-state index contributed by atoms with van der Waals surface area (Å²) >= 11 is 0. The van der Waals surface area contributed by atoms with Crippen LogP contribution in [0.15, 0.2) is 12.1 Å². The van der Waals surface area contributed by atoms with Crippen LogP contribution in [0.2, 0.25) is 0 Å². The summed E-state index contributed by atoms with van der Waals surface area (Å²) in [6.45, 7) is 9.28. The van der Waals surface area contributed by atoms with Crippen molar-refractivity contribution in [2.24, 2.45) is 5.73 Å². The first kappa shape index (κ1) is 15.0. The first-order chi connectivity index (χ1) is 9.54. The quantitative estimate of drug-likeness (QED) is 0.897. The molecule has 0 aromatic heterocycles. The average Bonchev–Trinajstić information content (AvgIpc) is 2.42. The van der Waals surface area contributed by atoms with E-state index in [0.29, 0.717) is 19.0 Å². The van der Waals surface area contributed by atoms with Crippen LogP contribution in [0, 0.1) is 0 Å². The molecule has 0 aliphatic carbocycles. The molecule has 1 aliphatic heterocycles. The smallest absolute Gasteiger partial charge is 0.203 e. The Morgan fingerprint density at radius 3 is 2.55 bits per heavy atom. The highest BCUT2D eigenvalue weighted by molar-refractivity contribution is 5.58. The molecule has 0 fully saturated rings. The van der Waals surface area contributed by atoms with Gasteiger partial charge in [-0.2, -0.15) is 0 Å². The van der Waals surface area contributed by atoms with E-state index < -0.39 is 0 Å². The Kier molecular flexibility index (Phi) is 4.43. The van der Waals surface area contributed by atoms with E-state index in [0.717, 1.165) is 29.9 Å². The van der Waals surface area contributed by atoms with E-state index in [4.69, 9.17) is 19.9 Å². The molecule has 2 rings (SSSR count). The van der Waals surface area contributed by atoms with E-state index >= 15 is 0 Å². The summed E-state index contributed by atoms with van der Waals surface area (Å²) in [5.41, 5.74) is 7.07. The SMILES string of the molecule is CCOc1ccc2c(c1OCC)OC(C)(CC)CC2N. The van der Waals surface area contributed by atoms with Crippen LogP contribution < -0.4 is 19.9 Å². The number of rotatable bonds is 5. The van der Waals surface area contributed by atoms with E-state index in [2.05, 4.69) is 13.8 Å². The zero-order valence-corrected chi connectivity index (χ0v) is 12.9. The molecule has 2 N–H and O–H groups in total. The number of hydrogen-bond donors (Lipinski definition) is 1. The fraction of sp³-hybridized carbons (Fsp3) is 0.625. The zero-order chi connectivity index (χ0) is 14.8. The molecule has 0 saturated heterocycles. The normalized spacial score (nSPS) is 24.8. The third-order valence-electron chi connectivity index (χ3n) is 3.84. The lowest BCUT2D eigenvalue weighted by Crippen LogP contribution is -2.39. The standard InChI is InChI=1S/C16H25NO3/c1-5-16(4)10-12(17)11-8-9-13(18-6-2)15(19-7-3)14(11)20-16/h8-9,12H,5-7,10,17H2,1-4H3. The largest absolute Gasteiger partial charge is 0.490 e. The lowest BCUT2D eigenvalue weighted by Gasteiger charge is -2.39. The second kappa shape index (κ2) is 5.92. The molecule has 1 aromatic rings. The van der Waals surface area contributed by atoms with Gasteiger partial charge >= 0.3 is 0 Å². The molecular formula is C16H25NO3. The summed E-state index contributed by atoms with van der Waals surface area (Å²) in [4.78, 5) is 0. The van der Waals surface area contributed by atoms with Crippen molar-refractivity contribution < 1.29 is 14.2 Å². The Bertz CT molecular complexity index is 475. The molecule has 0 saturated carbocycles. The van der Waals surface area contributed by atoms with Gasteiger partial charge in [0.25, 0.3) is 0 Å². The lowest BCUT2D eigenvalue weighted by molar-refractivity contribution is 0.0455. The molecule has 4 heteroatoms. The minimum atomic E-state index is -0.247. The Balaban J connectivity index is 2.50. The van der Waals surface area contributed by atoms with Crippen molar-refractivity contribution in [3.63, 3.8) is 0 Å².